The van der Waals surface area contributed by atoms with Gasteiger partial charge < -0.3 is 18.9 Å². The molecule has 1 rings (SSSR count). The summed E-state index contributed by atoms with van der Waals surface area (Å²) in [4.78, 5) is 12.3. The Labute approximate surface area is 124 Å². The van der Waals surface area contributed by atoms with Gasteiger partial charge in [0.05, 0.1) is 38.6 Å². The van der Waals surface area contributed by atoms with E-state index in [4.69, 9.17) is 18.9 Å². The molecule has 0 heterocycles. The van der Waals surface area contributed by atoms with Gasteiger partial charge in [-0.2, -0.15) is 0 Å². The van der Waals surface area contributed by atoms with Crippen molar-refractivity contribution in [3.63, 3.8) is 0 Å². The molecule has 6 heteroatoms. The van der Waals surface area contributed by atoms with Crippen molar-refractivity contribution < 1.29 is 23.7 Å². The van der Waals surface area contributed by atoms with Crippen molar-refractivity contribution in [2.24, 2.45) is 0 Å². The molecule has 5 nitrogen and oxygen atoms in total. The lowest BCUT2D eigenvalue weighted by molar-refractivity contribution is 0.00558. The minimum Gasteiger partial charge on any atom is -0.460 e. The first-order chi connectivity index (χ1) is 9.75. The fraction of sp³-hybridized carbons (Fsp3) is 0.500. The van der Waals surface area contributed by atoms with Gasteiger partial charge in [-0.25, -0.2) is 4.79 Å². The molecular formula is C14H20O5S. The van der Waals surface area contributed by atoms with Gasteiger partial charge in [0.15, 0.2) is 0 Å². The molecule has 0 fully saturated rings. The van der Waals surface area contributed by atoms with Crippen molar-refractivity contribution in [1.29, 1.82) is 0 Å². The first kappa shape index (κ1) is 17.0. The SMILES string of the molecule is COCCOCCOCCOC(=O)c1ccccc1S. The van der Waals surface area contributed by atoms with Gasteiger partial charge in [0, 0.05) is 12.0 Å². The first-order valence-corrected chi connectivity index (χ1v) is 6.80. The molecule has 1 aromatic carbocycles. The molecule has 0 spiro atoms. The van der Waals surface area contributed by atoms with Crippen LogP contribution >= 0.6 is 12.6 Å². The standard InChI is InChI=1S/C14H20O5S/c1-16-6-7-17-8-9-18-10-11-19-14(15)12-4-2-3-5-13(12)20/h2-5,20H,6-11H2,1H3. The minimum atomic E-state index is -0.393. The van der Waals surface area contributed by atoms with Gasteiger partial charge >= 0.3 is 5.97 Å². The maximum atomic E-state index is 11.7. The van der Waals surface area contributed by atoms with E-state index in [2.05, 4.69) is 12.6 Å². The molecule has 0 aliphatic heterocycles. The Balaban J connectivity index is 2.04. The fourth-order valence-electron chi connectivity index (χ4n) is 1.38. The quantitative estimate of drug-likeness (QED) is 0.406. The average molecular weight is 300 g/mol. The van der Waals surface area contributed by atoms with Crippen LogP contribution in [-0.4, -0.2) is 52.7 Å². The van der Waals surface area contributed by atoms with Crippen molar-refractivity contribution in [3.05, 3.63) is 29.8 Å². The second kappa shape index (κ2) is 10.7. The molecule has 0 saturated carbocycles. The summed E-state index contributed by atoms with van der Waals surface area (Å²) in [6.07, 6.45) is 0. The van der Waals surface area contributed by atoms with Crippen LogP contribution < -0.4 is 0 Å². The fourth-order valence-corrected chi connectivity index (χ4v) is 1.63. The van der Waals surface area contributed by atoms with Gasteiger partial charge in [-0.15, -0.1) is 12.6 Å². The molecule has 0 aromatic heterocycles. The van der Waals surface area contributed by atoms with Gasteiger partial charge in [0.2, 0.25) is 0 Å². The van der Waals surface area contributed by atoms with Gasteiger partial charge in [-0.3, -0.25) is 0 Å². The number of thiol groups is 1. The molecular weight excluding hydrogens is 280 g/mol. The number of esters is 1. The van der Waals surface area contributed by atoms with Crippen LogP contribution in [-0.2, 0) is 18.9 Å². The Hall–Kier alpha value is -1.08. The number of methoxy groups -OCH3 is 1. The van der Waals surface area contributed by atoms with E-state index in [1.807, 2.05) is 6.07 Å². The largest absolute Gasteiger partial charge is 0.460 e. The Morgan fingerprint density at radius 3 is 2.25 bits per heavy atom. The highest BCUT2D eigenvalue weighted by atomic mass is 32.1. The molecule has 20 heavy (non-hydrogen) atoms. The average Bonchev–Trinajstić information content (AvgIpc) is 2.46. The summed E-state index contributed by atoms with van der Waals surface area (Å²) in [5.41, 5.74) is 0.457. The van der Waals surface area contributed by atoms with E-state index in [0.29, 0.717) is 43.5 Å². The Kier molecular flexibility index (Phi) is 9.06. The van der Waals surface area contributed by atoms with Crippen molar-refractivity contribution in [1.82, 2.24) is 0 Å². The van der Waals surface area contributed by atoms with Gasteiger partial charge in [-0.1, -0.05) is 12.1 Å². The predicted octanol–water partition coefficient (Wildman–Crippen LogP) is 1.81. The predicted molar refractivity (Wildman–Crippen MR) is 77.5 cm³/mol. The Bertz CT molecular complexity index is 397. The number of carbonyl (C=O) groups is 1. The highest BCUT2D eigenvalue weighted by molar-refractivity contribution is 7.80. The van der Waals surface area contributed by atoms with E-state index >= 15 is 0 Å². The van der Waals surface area contributed by atoms with E-state index in [1.54, 1.807) is 25.3 Å². The van der Waals surface area contributed by atoms with Crippen LogP contribution in [0, 0.1) is 0 Å². The maximum absolute atomic E-state index is 11.7. The molecule has 0 radical (unpaired) electrons. The van der Waals surface area contributed by atoms with Crippen LogP contribution in [0.25, 0.3) is 0 Å². The van der Waals surface area contributed by atoms with E-state index in [0.717, 1.165) is 0 Å². The summed E-state index contributed by atoms with van der Waals surface area (Å²) in [6.45, 7) is 2.63. The van der Waals surface area contributed by atoms with E-state index in [-0.39, 0.29) is 6.61 Å². The second-order valence-electron chi connectivity index (χ2n) is 3.87. The van der Waals surface area contributed by atoms with Crippen LogP contribution in [0.1, 0.15) is 10.4 Å². The molecule has 112 valence electrons. The van der Waals surface area contributed by atoms with Crippen LogP contribution in [0.15, 0.2) is 29.2 Å². The molecule has 0 amide bonds. The molecule has 0 aliphatic carbocycles. The molecule has 0 aliphatic rings. The third-order valence-corrected chi connectivity index (χ3v) is 2.78. The molecule has 1 aromatic rings. The van der Waals surface area contributed by atoms with Gasteiger partial charge in [-0.05, 0) is 12.1 Å². The zero-order valence-corrected chi connectivity index (χ0v) is 12.4. The van der Waals surface area contributed by atoms with E-state index in [9.17, 15) is 4.79 Å². The molecule has 0 atom stereocenters. The molecule has 0 bridgehead atoms. The van der Waals surface area contributed by atoms with Gasteiger partial charge in [0.25, 0.3) is 0 Å². The minimum absolute atomic E-state index is 0.207. The number of ether oxygens (including phenoxy) is 4. The van der Waals surface area contributed by atoms with Crippen molar-refractivity contribution in [2.75, 3.05) is 46.8 Å². The molecule has 0 unspecified atom stereocenters. The van der Waals surface area contributed by atoms with E-state index < -0.39 is 5.97 Å². The van der Waals surface area contributed by atoms with Gasteiger partial charge in [0.1, 0.15) is 6.61 Å². The van der Waals surface area contributed by atoms with Crippen LogP contribution in [0.5, 0.6) is 0 Å². The van der Waals surface area contributed by atoms with Crippen molar-refractivity contribution in [2.45, 2.75) is 4.90 Å². The third kappa shape index (κ3) is 6.91. The second-order valence-corrected chi connectivity index (χ2v) is 4.35. The lowest BCUT2D eigenvalue weighted by Gasteiger charge is -2.07. The zero-order valence-electron chi connectivity index (χ0n) is 11.5. The summed E-state index contributed by atoms with van der Waals surface area (Å²) in [7, 11) is 1.62. The summed E-state index contributed by atoms with van der Waals surface area (Å²) in [5, 5.41) is 0. The van der Waals surface area contributed by atoms with Crippen LogP contribution in [0.4, 0.5) is 0 Å². The topological polar surface area (TPSA) is 54.0 Å². The van der Waals surface area contributed by atoms with Crippen LogP contribution in [0.3, 0.4) is 0 Å². The number of hydrogen-bond donors (Lipinski definition) is 1. The highest BCUT2D eigenvalue weighted by Gasteiger charge is 2.09. The molecule has 0 N–H and O–H groups in total. The number of benzene rings is 1. The maximum Gasteiger partial charge on any atom is 0.339 e. The number of hydrogen-bond acceptors (Lipinski definition) is 6. The third-order valence-electron chi connectivity index (χ3n) is 2.39. The summed E-state index contributed by atoms with van der Waals surface area (Å²) in [6, 6.07) is 7.00. The first-order valence-electron chi connectivity index (χ1n) is 6.35. The highest BCUT2D eigenvalue weighted by Crippen LogP contribution is 2.13. The monoisotopic (exact) mass is 300 g/mol. The van der Waals surface area contributed by atoms with Crippen molar-refractivity contribution >= 4 is 18.6 Å². The normalized spacial score (nSPS) is 10.5. The lowest BCUT2D eigenvalue weighted by Crippen LogP contribution is -2.14. The Morgan fingerprint density at radius 1 is 1.00 bits per heavy atom. The van der Waals surface area contributed by atoms with Crippen molar-refractivity contribution in [3.8, 4) is 0 Å². The summed E-state index contributed by atoms with van der Waals surface area (Å²) in [5.74, 6) is -0.393. The molecule has 0 saturated heterocycles. The number of carbonyl (C=O) groups excluding carboxylic acids is 1. The zero-order chi connectivity index (χ0) is 14.6. The van der Waals surface area contributed by atoms with E-state index in [1.165, 1.54) is 0 Å². The summed E-state index contributed by atoms with van der Waals surface area (Å²) < 4.78 is 20.4. The lowest BCUT2D eigenvalue weighted by atomic mass is 10.2. The number of rotatable bonds is 10. The summed E-state index contributed by atoms with van der Waals surface area (Å²) >= 11 is 4.20. The Morgan fingerprint density at radius 2 is 1.60 bits per heavy atom. The van der Waals surface area contributed by atoms with Crippen LogP contribution in [0.2, 0.25) is 0 Å². The smallest absolute Gasteiger partial charge is 0.339 e.